The molecular formula is C14H23NOS. The van der Waals surface area contributed by atoms with Gasteiger partial charge in [-0.15, -0.1) is 11.8 Å². The highest BCUT2D eigenvalue weighted by molar-refractivity contribution is 8.00. The number of thioether (sulfide) groups is 1. The Morgan fingerprint density at radius 2 is 1.94 bits per heavy atom. The number of hydrogen-bond acceptors (Lipinski definition) is 3. The quantitative estimate of drug-likeness (QED) is 0.841. The summed E-state index contributed by atoms with van der Waals surface area (Å²) in [5.41, 5.74) is 7.32. The van der Waals surface area contributed by atoms with Crippen molar-refractivity contribution in [2.45, 2.75) is 43.7 Å². The molecule has 2 nitrogen and oxygen atoms in total. The Kier molecular flexibility index (Phi) is 5.86. The van der Waals surface area contributed by atoms with Gasteiger partial charge in [0.2, 0.25) is 0 Å². The molecule has 0 amide bonds. The van der Waals surface area contributed by atoms with Gasteiger partial charge in [-0.1, -0.05) is 32.0 Å². The zero-order valence-electron chi connectivity index (χ0n) is 11.1. The van der Waals surface area contributed by atoms with E-state index in [1.165, 1.54) is 5.56 Å². The van der Waals surface area contributed by atoms with Crippen LogP contribution in [0, 0.1) is 0 Å². The predicted octanol–water partition coefficient (Wildman–Crippen LogP) is 3.62. The number of benzene rings is 1. The molecule has 96 valence electrons. The minimum absolute atomic E-state index is 0.116. The highest BCUT2D eigenvalue weighted by Crippen LogP contribution is 2.39. The van der Waals surface area contributed by atoms with Gasteiger partial charge in [0.15, 0.2) is 0 Å². The van der Waals surface area contributed by atoms with Crippen molar-refractivity contribution in [3.05, 3.63) is 29.8 Å². The number of nitrogens with two attached hydrogens (primary N) is 1. The molecule has 17 heavy (non-hydrogen) atoms. The van der Waals surface area contributed by atoms with Crippen molar-refractivity contribution in [2.75, 3.05) is 7.11 Å². The van der Waals surface area contributed by atoms with E-state index >= 15 is 0 Å². The molecule has 1 rings (SSSR count). The Morgan fingerprint density at radius 3 is 2.47 bits per heavy atom. The van der Waals surface area contributed by atoms with Gasteiger partial charge in [0, 0.05) is 22.1 Å². The molecular weight excluding hydrogens is 230 g/mol. The molecule has 0 aromatic heterocycles. The van der Waals surface area contributed by atoms with Crippen LogP contribution in [0.3, 0.4) is 0 Å². The molecule has 1 aromatic carbocycles. The van der Waals surface area contributed by atoms with Crippen LogP contribution in [-0.2, 0) is 0 Å². The van der Waals surface area contributed by atoms with Crippen LogP contribution in [0.1, 0.15) is 38.0 Å². The summed E-state index contributed by atoms with van der Waals surface area (Å²) in [6.07, 6.45) is 1.16. The third-order valence-corrected chi connectivity index (χ3v) is 4.65. The van der Waals surface area contributed by atoms with E-state index in [9.17, 15) is 0 Å². The average Bonchev–Trinajstić information content (AvgIpc) is 2.35. The Bertz CT molecular complexity index is 341. The molecule has 0 saturated heterocycles. The van der Waals surface area contributed by atoms with Crippen LogP contribution in [0.5, 0.6) is 5.75 Å². The Balaban J connectivity index is 2.96. The summed E-state index contributed by atoms with van der Waals surface area (Å²) in [7, 11) is 1.71. The summed E-state index contributed by atoms with van der Waals surface area (Å²) in [5, 5.41) is 0.900. The fraction of sp³-hybridized carbons (Fsp3) is 0.571. The summed E-state index contributed by atoms with van der Waals surface area (Å²) in [6, 6.07) is 8.27. The normalized spacial score (nSPS) is 16.3. The minimum atomic E-state index is 0.116. The third kappa shape index (κ3) is 3.93. The van der Waals surface area contributed by atoms with Gasteiger partial charge >= 0.3 is 0 Å². The molecule has 0 aliphatic heterocycles. The number of para-hydroxylation sites is 1. The molecule has 0 radical (unpaired) electrons. The van der Waals surface area contributed by atoms with Gasteiger partial charge in [-0.3, -0.25) is 0 Å². The topological polar surface area (TPSA) is 35.2 Å². The first-order chi connectivity index (χ1) is 8.10. The maximum atomic E-state index is 6.12. The van der Waals surface area contributed by atoms with Gasteiger partial charge in [-0.05, 0) is 19.4 Å². The highest BCUT2D eigenvalue weighted by Gasteiger charge is 2.22. The lowest BCUT2D eigenvalue weighted by Gasteiger charge is -2.25. The molecule has 0 heterocycles. The Labute approximate surface area is 109 Å². The molecule has 0 aliphatic carbocycles. The first kappa shape index (κ1) is 14.4. The number of hydrogen-bond donors (Lipinski definition) is 1. The van der Waals surface area contributed by atoms with Crippen molar-refractivity contribution in [1.29, 1.82) is 0 Å². The molecule has 1 aromatic rings. The van der Waals surface area contributed by atoms with Crippen LogP contribution < -0.4 is 10.5 Å². The number of rotatable bonds is 6. The van der Waals surface area contributed by atoms with Gasteiger partial charge in [-0.2, -0.15) is 0 Å². The van der Waals surface area contributed by atoms with E-state index in [0.717, 1.165) is 12.2 Å². The van der Waals surface area contributed by atoms with Crippen LogP contribution in [0.25, 0.3) is 0 Å². The minimum Gasteiger partial charge on any atom is -0.496 e. The lowest BCUT2D eigenvalue weighted by atomic mass is 10.1. The average molecular weight is 253 g/mol. The van der Waals surface area contributed by atoms with Crippen molar-refractivity contribution >= 4 is 11.8 Å². The summed E-state index contributed by atoms with van der Waals surface area (Å²) < 4.78 is 5.42. The van der Waals surface area contributed by atoms with Crippen LogP contribution >= 0.6 is 11.8 Å². The second-order valence-electron chi connectivity index (χ2n) is 4.38. The zero-order chi connectivity index (χ0) is 12.8. The van der Waals surface area contributed by atoms with Gasteiger partial charge in [-0.25, -0.2) is 0 Å². The van der Waals surface area contributed by atoms with E-state index in [4.69, 9.17) is 10.5 Å². The van der Waals surface area contributed by atoms with Crippen molar-refractivity contribution in [1.82, 2.24) is 0 Å². The number of methoxy groups -OCH3 is 1. The molecule has 3 atom stereocenters. The molecule has 0 fully saturated rings. The smallest absolute Gasteiger partial charge is 0.123 e. The lowest BCUT2D eigenvalue weighted by molar-refractivity contribution is 0.408. The first-order valence-corrected chi connectivity index (χ1v) is 7.08. The maximum Gasteiger partial charge on any atom is 0.123 e. The summed E-state index contributed by atoms with van der Waals surface area (Å²) >= 11 is 1.93. The fourth-order valence-electron chi connectivity index (χ4n) is 1.73. The largest absolute Gasteiger partial charge is 0.496 e. The molecule has 0 bridgehead atoms. The fourth-order valence-corrected chi connectivity index (χ4v) is 3.01. The van der Waals surface area contributed by atoms with E-state index in [1.807, 2.05) is 30.0 Å². The van der Waals surface area contributed by atoms with Gasteiger partial charge < -0.3 is 10.5 Å². The maximum absolute atomic E-state index is 6.12. The van der Waals surface area contributed by atoms with E-state index in [-0.39, 0.29) is 6.04 Å². The molecule has 0 saturated carbocycles. The number of ether oxygens (including phenoxy) is 1. The monoisotopic (exact) mass is 253 g/mol. The van der Waals surface area contributed by atoms with Crippen molar-refractivity contribution in [3.63, 3.8) is 0 Å². The Morgan fingerprint density at radius 1 is 1.29 bits per heavy atom. The van der Waals surface area contributed by atoms with Crippen LogP contribution in [0.15, 0.2) is 24.3 Å². The van der Waals surface area contributed by atoms with Crippen LogP contribution in [0.4, 0.5) is 0 Å². The predicted molar refractivity (Wildman–Crippen MR) is 76.7 cm³/mol. The van der Waals surface area contributed by atoms with E-state index in [0.29, 0.717) is 10.5 Å². The molecule has 0 aliphatic rings. The highest BCUT2D eigenvalue weighted by atomic mass is 32.2. The van der Waals surface area contributed by atoms with E-state index in [2.05, 4.69) is 26.8 Å². The van der Waals surface area contributed by atoms with Crippen molar-refractivity contribution < 1.29 is 4.74 Å². The summed E-state index contributed by atoms with van der Waals surface area (Å²) in [4.78, 5) is 0. The third-order valence-electron chi connectivity index (χ3n) is 2.88. The van der Waals surface area contributed by atoms with Crippen LogP contribution in [0.2, 0.25) is 0 Å². The SMILES string of the molecule is CCC(C)SC(c1ccccc1OC)C(C)N. The van der Waals surface area contributed by atoms with Gasteiger partial charge in [0.25, 0.3) is 0 Å². The van der Waals surface area contributed by atoms with E-state index < -0.39 is 0 Å². The first-order valence-electron chi connectivity index (χ1n) is 6.14. The standard InChI is InChI=1S/C14H23NOS/c1-5-10(2)17-14(11(3)15)12-8-6-7-9-13(12)16-4/h6-11,14H,5,15H2,1-4H3. The van der Waals surface area contributed by atoms with Crippen molar-refractivity contribution in [3.8, 4) is 5.75 Å². The molecule has 3 heteroatoms. The van der Waals surface area contributed by atoms with E-state index in [1.54, 1.807) is 7.11 Å². The summed E-state index contributed by atoms with van der Waals surface area (Å²) in [5.74, 6) is 0.936. The molecule has 2 N–H and O–H groups in total. The second kappa shape index (κ2) is 6.92. The van der Waals surface area contributed by atoms with Gasteiger partial charge in [0.1, 0.15) is 5.75 Å². The Hall–Kier alpha value is -0.670. The lowest BCUT2D eigenvalue weighted by Crippen LogP contribution is -2.24. The van der Waals surface area contributed by atoms with Gasteiger partial charge in [0.05, 0.1) is 7.11 Å². The molecule has 0 spiro atoms. The van der Waals surface area contributed by atoms with Crippen molar-refractivity contribution in [2.24, 2.45) is 5.73 Å². The van der Waals surface area contributed by atoms with Crippen LogP contribution in [-0.4, -0.2) is 18.4 Å². The molecule has 3 unspecified atom stereocenters. The zero-order valence-corrected chi connectivity index (χ0v) is 12.0. The summed E-state index contributed by atoms with van der Waals surface area (Å²) in [6.45, 7) is 6.51. The second-order valence-corrected chi connectivity index (χ2v) is 5.96.